The Balaban J connectivity index is 1.60. The smallest absolute Gasteiger partial charge is 0.0905 e. The molecular formula is C14H22N2. The van der Waals surface area contributed by atoms with E-state index < -0.39 is 0 Å². The largest absolute Gasteiger partial charge is 0.388 e. The van der Waals surface area contributed by atoms with Gasteiger partial charge in [-0.25, -0.2) is 0 Å². The summed E-state index contributed by atoms with van der Waals surface area (Å²) >= 11 is 0. The average Bonchev–Trinajstić information content (AvgIpc) is 2.10. The van der Waals surface area contributed by atoms with Gasteiger partial charge in [0.15, 0.2) is 0 Å². The summed E-state index contributed by atoms with van der Waals surface area (Å²) in [6, 6.07) is 0. The molecule has 2 spiro atoms. The molecule has 0 aliphatic heterocycles. The van der Waals surface area contributed by atoms with Crippen LogP contribution in [-0.2, 0) is 0 Å². The molecule has 0 heterocycles. The monoisotopic (exact) mass is 218 g/mol. The van der Waals surface area contributed by atoms with Gasteiger partial charge < -0.3 is 5.73 Å². The summed E-state index contributed by atoms with van der Waals surface area (Å²) in [5.74, 6) is 1.44. The second kappa shape index (κ2) is 2.49. The van der Waals surface area contributed by atoms with Crippen molar-refractivity contribution < 1.29 is 0 Å². The first kappa shape index (κ1) is 9.49. The minimum absolute atomic E-state index is 0.402. The Hall–Kier alpha value is -0.530. The third-order valence-electron chi connectivity index (χ3n) is 6.09. The van der Waals surface area contributed by atoms with Gasteiger partial charge in [0.05, 0.1) is 5.84 Å². The predicted molar refractivity (Wildman–Crippen MR) is 64.3 cm³/mol. The molecule has 0 amide bonds. The average molecular weight is 218 g/mol. The highest BCUT2D eigenvalue weighted by Gasteiger charge is 2.70. The van der Waals surface area contributed by atoms with Crippen molar-refractivity contribution in [2.45, 2.75) is 57.8 Å². The SMILES string of the molecule is N=C(N)CCC12CC3CC4(C1)CC(C3)(C2)C4. The van der Waals surface area contributed by atoms with Crippen molar-refractivity contribution in [1.82, 2.24) is 0 Å². The molecule has 7 fully saturated rings. The van der Waals surface area contributed by atoms with Crippen molar-refractivity contribution in [3.05, 3.63) is 0 Å². The second-order valence-electron chi connectivity index (χ2n) is 7.71. The molecule has 7 aliphatic carbocycles. The predicted octanol–water partition coefficient (Wildman–Crippen LogP) is 3.06. The van der Waals surface area contributed by atoms with Gasteiger partial charge in [-0.15, -0.1) is 0 Å². The third-order valence-corrected chi connectivity index (χ3v) is 6.09. The molecule has 7 saturated carbocycles. The molecule has 16 heavy (non-hydrogen) atoms. The van der Waals surface area contributed by atoms with E-state index in [4.69, 9.17) is 11.1 Å². The molecule has 7 rings (SSSR count). The van der Waals surface area contributed by atoms with Crippen molar-refractivity contribution in [2.75, 3.05) is 0 Å². The van der Waals surface area contributed by atoms with Crippen LogP contribution in [0.5, 0.6) is 0 Å². The van der Waals surface area contributed by atoms with E-state index in [0.717, 1.165) is 23.2 Å². The van der Waals surface area contributed by atoms with Crippen molar-refractivity contribution in [3.63, 3.8) is 0 Å². The molecule has 0 atom stereocenters. The maximum Gasteiger partial charge on any atom is 0.0905 e. The third kappa shape index (κ3) is 1.06. The van der Waals surface area contributed by atoms with Gasteiger partial charge in [-0.2, -0.15) is 0 Å². The molecule has 7 aliphatic rings. The number of hydrogen-bond donors (Lipinski definition) is 2. The van der Waals surface area contributed by atoms with Crippen LogP contribution in [0.15, 0.2) is 0 Å². The first-order valence-corrected chi connectivity index (χ1v) is 6.86. The highest BCUT2D eigenvalue weighted by atomic mass is 14.8. The molecule has 0 aromatic heterocycles. The Kier molecular flexibility index (Phi) is 1.48. The first-order chi connectivity index (χ1) is 7.53. The van der Waals surface area contributed by atoms with E-state index >= 15 is 0 Å². The quantitative estimate of drug-likeness (QED) is 0.555. The molecule has 2 nitrogen and oxygen atoms in total. The minimum atomic E-state index is 0.402. The number of hydrogen-bond acceptors (Lipinski definition) is 1. The van der Waals surface area contributed by atoms with E-state index in [1.54, 1.807) is 12.8 Å². The van der Waals surface area contributed by atoms with Gasteiger partial charge in [-0.05, 0) is 73.5 Å². The first-order valence-electron chi connectivity index (χ1n) is 6.86. The Labute approximate surface area is 97.5 Å². The summed E-state index contributed by atoms with van der Waals surface area (Å²) in [5.41, 5.74) is 7.71. The maximum absolute atomic E-state index is 7.44. The number of nitrogens with one attached hydrogen (secondary N) is 1. The Morgan fingerprint density at radius 1 is 1.06 bits per heavy atom. The number of nitrogens with two attached hydrogens (primary N) is 1. The lowest BCUT2D eigenvalue weighted by atomic mass is 9.29. The van der Waals surface area contributed by atoms with Crippen molar-refractivity contribution >= 4 is 5.84 Å². The van der Waals surface area contributed by atoms with Crippen LogP contribution in [0.2, 0.25) is 0 Å². The normalized spacial score (nSPS) is 56.1. The van der Waals surface area contributed by atoms with Crippen molar-refractivity contribution in [2.24, 2.45) is 27.9 Å². The Morgan fingerprint density at radius 3 is 2.19 bits per heavy atom. The molecule has 3 N–H and O–H groups in total. The fourth-order valence-corrected chi connectivity index (χ4v) is 6.75. The van der Waals surface area contributed by atoms with Gasteiger partial charge in [0.25, 0.3) is 0 Å². The molecular weight excluding hydrogens is 196 g/mol. The van der Waals surface area contributed by atoms with Gasteiger partial charge in [-0.3, -0.25) is 5.41 Å². The van der Waals surface area contributed by atoms with Gasteiger partial charge >= 0.3 is 0 Å². The maximum atomic E-state index is 7.44. The fourth-order valence-electron chi connectivity index (χ4n) is 6.75. The van der Waals surface area contributed by atoms with E-state index in [0.29, 0.717) is 11.3 Å². The van der Waals surface area contributed by atoms with Crippen molar-refractivity contribution in [1.29, 1.82) is 5.41 Å². The van der Waals surface area contributed by atoms with Gasteiger partial charge in [0.2, 0.25) is 0 Å². The topological polar surface area (TPSA) is 49.9 Å². The minimum Gasteiger partial charge on any atom is -0.388 e. The summed E-state index contributed by atoms with van der Waals surface area (Å²) < 4.78 is 0. The molecule has 0 radical (unpaired) electrons. The van der Waals surface area contributed by atoms with E-state index in [2.05, 4.69) is 0 Å². The summed E-state index contributed by atoms with van der Waals surface area (Å²) in [5, 5.41) is 7.44. The fraction of sp³-hybridized carbons (Fsp3) is 0.929. The zero-order valence-corrected chi connectivity index (χ0v) is 10.0. The van der Waals surface area contributed by atoms with E-state index in [9.17, 15) is 0 Å². The standard InChI is InChI=1S/C14H22N2/c15-11(16)1-2-12-3-10-4-13(6-12)8-14(5-10,7-12)9-13/h10H,1-9H2,(H3,15,16). The van der Waals surface area contributed by atoms with Crippen LogP contribution in [0.4, 0.5) is 0 Å². The van der Waals surface area contributed by atoms with Gasteiger partial charge in [0.1, 0.15) is 0 Å². The number of rotatable bonds is 3. The summed E-state index contributed by atoms with van der Waals surface area (Å²) in [4.78, 5) is 0. The van der Waals surface area contributed by atoms with Crippen LogP contribution in [0.25, 0.3) is 0 Å². The summed E-state index contributed by atoms with van der Waals surface area (Å²) in [7, 11) is 0. The molecule has 0 aromatic carbocycles. The van der Waals surface area contributed by atoms with Crippen LogP contribution in [0.3, 0.4) is 0 Å². The van der Waals surface area contributed by atoms with E-state index in [-0.39, 0.29) is 0 Å². The lowest BCUT2D eigenvalue weighted by molar-refractivity contribution is -0.257. The van der Waals surface area contributed by atoms with Gasteiger partial charge in [-0.1, -0.05) is 0 Å². The molecule has 88 valence electrons. The van der Waals surface area contributed by atoms with Crippen molar-refractivity contribution in [3.8, 4) is 0 Å². The highest BCUT2D eigenvalue weighted by molar-refractivity contribution is 5.76. The molecule has 4 bridgehead atoms. The number of amidine groups is 1. The van der Waals surface area contributed by atoms with E-state index in [1.165, 1.54) is 38.5 Å². The van der Waals surface area contributed by atoms with Gasteiger partial charge in [0, 0.05) is 6.42 Å². The van der Waals surface area contributed by atoms with Crippen LogP contribution >= 0.6 is 0 Å². The van der Waals surface area contributed by atoms with Crippen LogP contribution in [0, 0.1) is 27.6 Å². The second-order valence-corrected chi connectivity index (χ2v) is 7.71. The molecule has 0 saturated heterocycles. The lowest BCUT2D eigenvalue weighted by Gasteiger charge is -2.76. The zero-order valence-electron chi connectivity index (χ0n) is 10.0. The summed E-state index contributed by atoms with van der Waals surface area (Å²) in [6.07, 6.45) is 12.7. The summed E-state index contributed by atoms with van der Waals surface area (Å²) in [6.45, 7) is 0. The van der Waals surface area contributed by atoms with Crippen LogP contribution in [0.1, 0.15) is 57.8 Å². The van der Waals surface area contributed by atoms with Crippen LogP contribution in [-0.4, -0.2) is 5.84 Å². The lowest BCUT2D eigenvalue weighted by Crippen LogP contribution is -2.66. The zero-order chi connectivity index (χ0) is 11.0. The molecule has 2 heteroatoms. The Morgan fingerprint density at radius 2 is 1.69 bits per heavy atom. The molecule has 0 aromatic rings. The molecule has 0 unspecified atom stereocenters. The van der Waals surface area contributed by atoms with Crippen LogP contribution < -0.4 is 5.73 Å². The van der Waals surface area contributed by atoms with E-state index in [1.807, 2.05) is 0 Å². The Bertz CT molecular complexity index is 334. The highest BCUT2D eigenvalue weighted by Crippen LogP contribution is 2.81.